The molecule has 2 heterocycles. The molecule has 0 unspecified atom stereocenters. The van der Waals surface area contributed by atoms with Crippen molar-refractivity contribution in [3.63, 3.8) is 0 Å². The number of rotatable bonds is 2. The Bertz CT molecular complexity index is 775. The highest BCUT2D eigenvalue weighted by Gasteiger charge is 2.08. The highest BCUT2D eigenvalue weighted by Crippen LogP contribution is 2.22. The minimum Gasteiger partial charge on any atom is -0.478 e. The maximum Gasteiger partial charge on any atom is 0.337 e. The number of nitrogens with zero attached hydrogens (tertiary/aromatic N) is 2. The minimum absolute atomic E-state index is 0.251. The fourth-order valence-electron chi connectivity index (χ4n) is 2.11. The minimum atomic E-state index is -0.937. The lowest BCUT2D eigenvalue weighted by Gasteiger charge is -1.99. The first-order valence-electron chi connectivity index (χ1n) is 5.93. The second kappa shape index (κ2) is 4.24. The SMILES string of the molecule is Cc1ccccc1-c1cn2cc(C(=O)O)ccc2n1. The Kier molecular flexibility index (Phi) is 2.56. The van der Waals surface area contributed by atoms with E-state index in [1.165, 1.54) is 0 Å². The number of carboxylic acids is 1. The summed E-state index contributed by atoms with van der Waals surface area (Å²) in [6.07, 6.45) is 3.43. The molecule has 1 aromatic carbocycles. The highest BCUT2D eigenvalue weighted by atomic mass is 16.4. The Hall–Kier alpha value is -2.62. The van der Waals surface area contributed by atoms with Crippen LogP contribution in [-0.4, -0.2) is 20.5 Å². The van der Waals surface area contributed by atoms with Crippen molar-refractivity contribution in [2.45, 2.75) is 6.92 Å². The fourth-order valence-corrected chi connectivity index (χ4v) is 2.11. The summed E-state index contributed by atoms with van der Waals surface area (Å²) in [5.41, 5.74) is 4.04. The number of hydrogen-bond acceptors (Lipinski definition) is 2. The van der Waals surface area contributed by atoms with Gasteiger partial charge in [-0.1, -0.05) is 24.3 Å². The molecule has 3 rings (SSSR count). The molecular weight excluding hydrogens is 240 g/mol. The first kappa shape index (κ1) is 11.5. The van der Waals surface area contributed by atoms with Gasteiger partial charge in [-0.3, -0.25) is 0 Å². The summed E-state index contributed by atoms with van der Waals surface area (Å²) in [4.78, 5) is 15.5. The lowest BCUT2D eigenvalue weighted by atomic mass is 10.1. The van der Waals surface area contributed by atoms with Gasteiger partial charge < -0.3 is 9.51 Å². The summed E-state index contributed by atoms with van der Waals surface area (Å²) in [5.74, 6) is -0.937. The number of aryl methyl sites for hydroxylation is 1. The van der Waals surface area contributed by atoms with Crippen LogP contribution in [0.5, 0.6) is 0 Å². The molecule has 4 nitrogen and oxygen atoms in total. The van der Waals surface area contributed by atoms with Gasteiger partial charge in [0.05, 0.1) is 11.3 Å². The van der Waals surface area contributed by atoms with Crippen molar-refractivity contribution in [3.8, 4) is 11.3 Å². The second-order valence-corrected chi connectivity index (χ2v) is 4.43. The van der Waals surface area contributed by atoms with E-state index in [1.807, 2.05) is 37.4 Å². The van der Waals surface area contributed by atoms with E-state index in [0.717, 1.165) is 22.5 Å². The standard InChI is InChI=1S/C15H12N2O2/c1-10-4-2-3-5-12(10)13-9-17-8-11(15(18)19)6-7-14(17)16-13/h2-9H,1H3,(H,18,19). The zero-order chi connectivity index (χ0) is 13.4. The van der Waals surface area contributed by atoms with Crippen molar-refractivity contribution in [1.82, 2.24) is 9.38 Å². The summed E-state index contributed by atoms with van der Waals surface area (Å²) in [7, 11) is 0. The third-order valence-electron chi connectivity index (χ3n) is 3.12. The molecule has 0 saturated heterocycles. The van der Waals surface area contributed by atoms with Crippen LogP contribution in [0.3, 0.4) is 0 Å². The van der Waals surface area contributed by atoms with E-state index in [4.69, 9.17) is 5.11 Å². The van der Waals surface area contributed by atoms with Crippen molar-refractivity contribution in [2.24, 2.45) is 0 Å². The molecule has 0 aliphatic carbocycles. The van der Waals surface area contributed by atoms with Gasteiger partial charge in [-0.2, -0.15) is 0 Å². The Morgan fingerprint density at radius 3 is 2.68 bits per heavy atom. The molecule has 0 radical (unpaired) electrons. The molecule has 0 aliphatic heterocycles. The van der Waals surface area contributed by atoms with E-state index < -0.39 is 5.97 Å². The summed E-state index contributed by atoms with van der Waals surface area (Å²) in [5, 5.41) is 8.98. The smallest absolute Gasteiger partial charge is 0.337 e. The Labute approximate surface area is 110 Å². The summed E-state index contributed by atoms with van der Waals surface area (Å²) >= 11 is 0. The molecule has 0 amide bonds. The van der Waals surface area contributed by atoms with Crippen molar-refractivity contribution in [2.75, 3.05) is 0 Å². The molecule has 0 bridgehead atoms. The molecule has 2 aromatic heterocycles. The largest absolute Gasteiger partial charge is 0.478 e. The molecule has 1 N–H and O–H groups in total. The first-order valence-corrected chi connectivity index (χ1v) is 5.93. The van der Waals surface area contributed by atoms with Gasteiger partial charge in [-0.15, -0.1) is 0 Å². The van der Waals surface area contributed by atoms with Crippen LogP contribution in [0.1, 0.15) is 15.9 Å². The van der Waals surface area contributed by atoms with E-state index in [0.29, 0.717) is 0 Å². The second-order valence-electron chi connectivity index (χ2n) is 4.43. The van der Waals surface area contributed by atoms with Crippen LogP contribution in [0.2, 0.25) is 0 Å². The summed E-state index contributed by atoms with van der Waals surface area (Å²) in [6.45, 7) is 2.03. The molecule has 3 aromatic rings. The van der Waals surface area contributed by atoms with Crippen LogP contribution >= 0.6 is 0 Å². The van der Waals surface area contributed by atoms with Gasteiger partial charge in [0.25, 0.3) is 0 Å². The maximum atomic E-state index is 10.9. The molecule has 0 atom stereocenters. The van der Waals surface area contributed by atoms with Crippen LogP contribution in [0, 0.1) is 6.92 Å². The number of imidazole rings is 1. The Morgan fingerprint density at radius 2 is 1.95 bits per heavy atom. The Morgan fingerprint density at radius 1 is 1.16 bits per heavy atom. The fraction of sp³-hybridized carbons (Fsp3) is 0.0667. The number of hydrogen-bond donors (Lipinski definition) is 1. The molecule has 94 valence electrons. The zero-order valence-corrected chi connectivity index (χ0v) is 10.4. The van der Waals surface area contributed by atoms with Crippen molar-refractivity contribution in [1.29, 1.82) is 0 Å². The zero-order valence-electron chi connectivity index (χ0n) is 10.4. The van der Waals surface area contributed by atoms with Crippen LogP contribution in [0.15, 0.2) is 48.8 Å². The molecule has 0 fully saturated rings. The molecule has 0 aliphatic rings. The predicted molar refractivity (Wildman–Crippen MR) is 72.3 cm³/mol. The van der Waals surface area contributed by atoms with Gasteiger partial charge in [0, 0.05) is 18.0 Å². The van der Waals surface area contributed by atoms with E-state index in [1.54, 1.807) is 22.7 Å². The van der Waals surface area contributed by atoms with Crippen molar-refractivity contribution >= 4 is 11.6 Å². The molecule has 0 spiro atoms. The van der Waals surface area contributed by atoms with Gasteiger partial charge in [0.1, 0.15) is 5.65 Å². The van der Waals surface area contributed by atoms with Gasteiger partial charge in [0.2, 0.25) is 0 Å². The number of benzene rings is 1. The molecule has 19 heavy (non-hydrogen) atoms. The Balaban J connectivity index is 2.17. The van der Waals surface area contributed by atoms with Crippen molar-refractivity contribution in [3.05, 3.63) is 59.9 Å². The van der Waals surface area contributed by atoms with Gasteiger partial charge in [0.15, 0.2) is 0 Å². The average Bonchev–Trinajstić information content (AvgIpc) is 2.81. The van der Waals surface area contributed by atoms with Crippen LogP contribution in [0.25, 0.3) is 16.9 Å². The summed E-state index contributed by atoms with van der Waals surface area (Å²) in [6, 6.07) is 11.3. The van der Waals surface area contributed by atoms with Crippen LogP contribution in [-0.2, 0) is 0 Å². The van der Waals surface area contributed by atoms with Gasteiger partial charge in [-0.25, -0.2) is 9.78 Å². The van der Waals surface area contributed by atoms with E-state index >= 15 is 0 Å². The monoisotopic (exact) mass is 252 g/mol. The number of pyridine rings is 1. The normalized spacial score (nSPS) is 10.8. The van der Waals surface area contributed by atoms with Gasteiger partial charge >= 0.3 is 5.97 Å². The van der Waals surface area contributed by atoms with E-state index in [-0.39, 0.29) is 5.56 Å². The first-order chi connectivity index (χ1) is 9.15. The van der Waals surface area contributed by atoms with E-state index in [2.05, 4.69) is 4.98 Å². The predicted octanol–water partition coefficient (Wildman–Crippen LogP) is 3.01. The number of fused-ring (bicyclic) bond motifs is 1. The highest BCUT2D eigenvalue weighted by molar-refractivity contribution is 5.87. The van der Waals surface area contributed by atoms with Crippen LogP contribution in [0.4, 0.5) is 0 Å². The lowest BCUT2D eigenvalue weighted by molar-refractivity contribution is 0.0696. The number of aromatic nitrogens is 2. The lowest BCUT2D eigenvalue weighted by Crippen LogP contribution is -1.97. The van der Waals surface area contributed by atoms with Crippen LogP contribution < -0.4 is 0 Å². The number of aromatic carboxylic acids is 1. The van der Waals surface area contributed by atoms with Crippen molar-refractivity contribution < 1.29 is 9.90 Å². The van der Waals surface area contributed by atoms with Gasteiger partial charge in [-0.05, 0) is 24.6 Å². The molecular formula is C15H12N2O2. The summed E-state index contributed by atoms with van der Waals surface area (Å²) < 4.78 is 1.74. The molecule has 4 heteroatoms. The number of carboxylic acid groups (broad SMARTS) is 1. The quantitative estimate of drug-likeness (QED) is 0.762. The third-order valence-corrected chi connectivity index (χ3v) is 3.12. The third kappa shape index (κ3) is 1.97. The maximum absolute atomic E-state index is 10.9. The number of carbonyl (C=O) groups is 1. The van der Waals surface area contributed by atoms with E-state index in [9.17, 15) is 4.79 Å². The average molecular weight is 252 g/mol. The molecule has 0 saturated carbocycles. The topological polar surface area (TPSA) is 54.6 Å².